The van der Waals surface area contributed by atoms with Crippen LogP contribution < -0.4 is 0 Å². The van der Waals surface area contributed by atoms with Gasteiger partial charge in [0.05, 0.1) is 10.9 Å². The summed E-state index contributed by atoms with van der Waals surface area (Å²) in [4.78, 5) is 11.0. The molecule has 1 saturated carbocycles. The van der Waals surface area contributed by atoms with Crippen molar-refractivity contribution < 1.29 is 14.3 Å². The predicted octanol–water partition coefficient (Wildman–Crippen LogP) is 3.66. The lowest BCUT2D eigenvalue weighted by molar-refractivity contribution is -0.145. The SMILES string of the molecule is O=C(O)C1CCC1c1cc2cccc(Cl)c2o1. The molecule has 1 aliphatic carbocycles. The van der Waals surface area contributed by atoms with Gasteiger partial charge in [0.15, 0.2) is 5.58 Å². The fraction of sp³-hybridized carbons (Fsp3) is 0.308. The van der Waals surface area contributed by atoms with Gasteiger partial charge in [-0.25, -0.2) is 0 Å². The molecule has 1 aromatic heterocycles. The van der Waals surface area contributed by atoms with Crippen molar-refractivity contribution in [3.8, 4) is 0 Å². The average molecular weight is 251 g/mol. The van der Waals surface area contributed by atoms with Crippen molar-refractivity contribution in [1.82, 2.24) is 0 Å². The molecule has 88 valence electrons. The third-order valence-electron chi connectivity index (χ3n) is 3.47. The van der Waals surface area contributed by atoms with E-state index in [9.17, 15) is 4.79 Å². The first kappa shape index (κ1) is 10.7. The van der Waals surface area contributed by atoms with E-state index in [1.54, 1.807) is 6.07 Å². The summed E-state index contributed by atoms with van der Waals surface area (Å²) in [6, 6.07) is 7.45. The molecule has 1 heterocycles. The second-order valence-electron chi connectivity index (χ2n) is 4.44. The fourth-order valence-corrected chi connectivity index (χ4v) is 2.59. The predicted molar refractivity (Wildman–Crippen MR) is 64.3 cm³/mol. The zero-order chi connectivity index (χ0) is 12.0. The third-order valence-corrected chi connectivity index (χ3v) is 3.77. The van der Waals surface area contributed by atoms with Crippen LogP contribution in [0.2, 0.25) is 5.02 Å². The van der Waals surface area contributed by atoms with Gasteiger partial charge in [0, 0.05) is 11.3 Å². The van der Waals surface area contributed by atoms with Gasteiger partial charge in [-0.1, -0.05) is 23.7 Å². The molecule has 0 radical (unpaired) electrons. The summed E-state index contributed by atoms with van der Waals surface area (Å²) >= 11 is 6.03. The summed E-state index contributed by atoms with van der Waals surface area (Å²) in [6.45, 7) is 0. The Labute approximate surface area is 103 Å². The summed E-state index contributed by atoms with van der Waals surface area (Å²) in [5, 5.41) is 10.5. The van der Waals surface area contributed by atoms with Gasteiger partial charge < -0.3 is 9.52 Å². The number of para-hydroxylation sites is 1. The van der Waals surface area contributed by atoms with E-state index in [0.717, 1.165) is 24.0 Å². The van der Waals surface area contributed by atoms with Crippen molar-refractivity contribution in [2.45, 2.75) is 18.8 Å². The van der Waals surface area contributed by atoms with Gasteiger partial charge in [-0.3, -0.25) is 4.79 Å². The molecule has 1 N–H and O–H groups in total. The smallest absolute Gasteiger partial charge is 0.307 e. The van der Waals surface area contributed by atoms with Gasteiger partial charge in [0.2, 0.25) is 0 Å². The molecule has 1 aliphatic rings. The first-order chi connectivity index (χ1) is 8.16. The lowest BCUT2D eigenvalue weighted by atomic mass is 9.72. The van der Waals surface area contributed by atoms with Crippen molar-refractivity contribution in [2.75, 3.05) is 0 Å². The highest BCUT2D eigenvalue weighted by Crippen LogP contribution is 2.44. The van der Waals surface area contributed by atoms with Gasteiger partial charge in [-0.15, -0.1) is 0 Å². The molecule has 0 aliphatic heterocycles. The van der Waals surface area contributed by atoms with Gasteiger partial charge in [-0.05, 0) is 25.0 Å². The fourth-order valence-electron chi connectivity index (χ4n) is 2.37. The summed E-state index contributed by atoms with van der Waals surface area (Å²) in [5.74, 6) is -0.315. The molecule has 2 unspecified atom stereocenters. The van der Waals surface area contributed by atoms with E-state index in [4.69, 9.17) is 21.1 Å². The molecule has 0 bridgehead atoms. The number of furan rings is 1. The Morgan fingerprint density at radius 2 is 2.24 bits per heavy atom. The van der Waals surface area contributed by atoms with E-state index >= 15 is 0 Å². The van der Waals surface area contributed by atoms with Gasteiger partial charge in [-0.2, -0.15) is 0 Å². The Bertz CT molecular complexity index is 587. The number of hydrogen-bond donors (Lipinski definition) is 1. The number of hydrogen-bond acceptors (Lipinski definition) is 2. The molecule has 4 heteroatoms. The van der Waals surface area contributed by atoms with Crippen molar-refractivity contribution in [3.05, 3.63) is 35.0 Å². The highest BCUT2D eigenvalue weighted by Gasteiger charge is 2.39. The minimum Gasteiger partial charge on any atom is -0.481 e. The number of benzene rings is 1. The lowest BCUT2D eigenvalue weighted by Crippen LogP contribution is -2.30. The topological polar surface area (TPSA) is 50.4 Å². The minimum absolute atomic E-state index is 0.00373. The van der Waals surface area contributed by atoms with Crippen molar-refractivity contribution >= 4 is 28.5 Å². The minimum atomic E-state index is -0.743. The quantitative estimate of drug-likeness (QED) is 0.885. The van der Waals surface area contributed by atoms with Crippen molar-refractivity contribution in [3.63, 3.8) is 0 Å². The second kappa shape index (κ2) is 3.77. The van der Waals surface area contributed by atoms with Crippen LogP contribution in [0.3, 0.4) is 0 Å². The molecule has 1 fully saturated rings. The van der Waals surface area contributed by atoms with E-state index in [-0.39, 0.29) is 11.8 Å². The Kier molecular flexibility index (Phi) is 2.37. The Hall–Kier alpha value is -1.48. The molecule has 2 atom stereocenters. The van der Waals surface area contributed by atoms with Crippen molar-refractivity contribution in [1.29, 1.82) is 0 Å². The molecular weight excluding hydrogens is 240 g/mol. The highest BCUT2D eigenvalue weighted by atomic mass is 35.5. The van der Waals surface area contributed by atoms with Crippen LogP contribution in [0, 0.1) is 5.92 Å². The summed E-state index contributed by atoms with van der Waals surface area (Å²) < 4.78 is 5.69. The number of carboxylic acids is 1. The molecule has 17 heavy (non-hydrogen) atoms. The highest BCUT2D eigenvalue weighted by molar-refractivity contribution is 6.34. The number of carbonyl (C=O) groups is 1. The average Bonchev–Trinajstić information content (AvgIpc) is 2.59. The first-order valence-corrected chi connectivity index (χ1v) is 5.95. The molecular formula is C13H11ClO3. The summed E-state index contributed by atoms with van der Waals surface area (Å²) in [6.07, 6.45) is 1.60. The van der Waals surface area contributed by atoms with E-state index in [1.165, 1.54) is 0 Å². The lowest BCUT2D eigenvalue weighted by Gasteiger charge is -2.31. The van der Waals surface area contributed by atoms with Crippen LogP contribution in [0.5, 0.6) is 0 Å². The van der Waals surface area contributed by atoms with E-state index in [1.807, 2.05) is 18.2 Å². The maximum absolute atomic E-state index is 11.0. The third kappa shape index (κ3) is 1.62. The molecule has 3 rings (SSSR count). The Morgan fingerprint density at radius 1 is 1.41 bits per heavy atom. The van der Waals surface area contributed by atoms with Crippen LogP contribution in [0.1, 0.15) is 24.5 Å². The van der Waals surface area contributed by atoms with E-state index in [0.29, 0.717) is 10.6 Å². The number of rotatable bonds is 2. The number of halogens is 1. The number of carboxylic acid groups (broad SMARTS) is 1. The molecule has 3 nitrogen and oxygen atoms in total. The Balaban J connectivity index is 2.02. The first-order valence-electron chi connectivity index (χ1n) is 5.57. The maximum Gasteiger partial charge on any atom is 0.307 e. The summed E-state index contributed by atoms with van der Waals surface area (Å²) in [7, 11) is 0. The number of aliphatic carboxylic acids is 1. The standard InChI is InChI=1S/C13H11ClO3/c14-10-3-1-2-7-6-11(17-12(7)10)8-4-5-9(8)13(15)16/h1-3,6,8-9H,4-5H2,(H,15,16). The van der Waals surface area contributed by atoms with Gasteiger partial charge in [0.1, 0.15) is 5.76 Å². The molecule has 0 spiro atoms. The summed E-state index contributed by atoms with van der Waals surface area (Å²) in [5.41, 5.74) is 0.653. The van der Waals surface area contributed by atoms with E-state index in [2.05, 4.69) is 0 Å². The van der Waals surface area contributed by atoms with Crippen LogP contribution in [-0.2, 0) is 4.79 Å². The molecule has 0 amide bonds. The van der Waals surface area contributed by atoms with E-state index < -0.39 is 5.97 Å². The molecule has 0 saturated heterocycles. The molecule has 2 aromatic rings. The van der Waals surface area contributed by atoms with Crippen LogP contribution in [0.15, 0.2) is 28.7 Å². The monoisotopic (exact) mass is 250 g/mol. The number of fused-ring (bicyclic) bond motifs is 1. The van der Waals surface area contributed by atoms with Crippen LogP contribution in [0.4, 0.5) is 0 Å². The van der Waals surface area contributed by atoms with Crippen LogP contribution in [-0.4, -0.2) is 11.1 Å². The normalized spacial score (nSPS) is 23.6. The second-order valence-corrected chi connectivity index (χ2v) is 4.84. The largest absolute Gasteiger partial charge is 0.481 e. The van der Waals surface area contributed by atoms with Crippen LogP contribution in [0.25, 0.3) is 11.0 Å². The van der Waals surface area contributed by atoms with Crippen LogP contribution >= 0.6 is 11.6 Å². The Morgan fingerprint density at radius 3 is 2.82 bits per heavy atom. The maximum atomic E-state index is 11.0. The molecule has 1 aromatic carbocycles. The zero-order valence-electron chi connectivity index (χ0n) is 9.02. The van der Waals surface area contributed by atoms with Gasteiger partial charge >= 0.3 is 5.97 Å². The zero-order valence-corrected chi connectivity index (χ0v) is 9.78. The van der Waals surface area contributed by atoms with Crippen molar-refractivity contribution in [2.24, 2.45) is 5.92 Å². The van der Waals surface area contributed by atoms with Gasteiger partial charge in [0.25, 0.3) is 0 Å².